The molecule has 20 heavy (non-hydrogen) atoms. The normalized spacial score (nSPS) is 16.7. The monoisotopic (exact) mass is 271 g/mol. The van der Waals surface area contributed by atoms with Crippen molar-refractivity contribution in [3.8, 4) is 0 Å². The number of carbonyl (C=O) groups excluding carboxylic acids is 2. The molecule has 1 fully saturated rings. The van der Waals surface area contributed by atoms with Crippen LogP contribution in [0, 0.1) is 0 Å². The molecule has 0 unspecified atom stereocenters. The van der Waals surface area contributed by atoms with E-state index < -0.39 is 0 Å². The minimum atomic E-state index is 0.178. The predicted octanol–water partition coefficient (Wildman–Crippen LogP) is 2.76. The molecule has 1 heterocycles. The molecule has 1 amide bonds. The fourth-order valence-electron chi connectivity index (χ4n) is 2.91. The van der Waals surface area contributed by atoms with Gasteiger partial charge in [-0.1, -0.05) is 12.1 Å². The molecule has 0 N–H and O–H groups in total. The van der Waals surface area contributed by atoms with Crippen LogP contribution < -0.4 is 0 Å². The zero-order valence-electron chi connectivity index (χ0n) is 11.9. The molecular formula is C17H21NO2. The van der Waals surface area contributed by atoms with Crippen LogP contribution in [-0.2, 0) is 17.6 Å². The van der Waals surface area contributed by atoms with Crippen LogP contribution in [-0.4, -0.2) is 29.7 Å². The Morgan fingerprint density at radius 2 is 1.75 bits per heavy atom. The molecule has 106 valence electrons. The Morgan fingerprint density at radius 3 is 2.50 bits per heavy atom. The van der Waals surface area contributed by atoms with Crippen LogP contribution in [0.5, 0.6) is 0 Å². The van der Waals surface area contributed by atoms with Gasteiger partial charge in [0, 0.05) is 31.5 Å². The molecular weight excluding hydrogens is 250 g/mol. The van der Waals surface area contributed by atoms with Crippen molar-refractivity contribution in [2.45, 2.75) is 44.9 Å². The molecule has 1 aliphatic carbocycles. The van der Waals surface area contributed by atoms with Gasteiger partial charge < -0.3 is 4.90 Å². The first-order chi connectivity index (χ1) is 9.74. The number of fused-ring (bicyclic) bond motifs is 1. The second-order valence-corrected chi connectivity index (χ2v) is 5.85. The van der Waals surface area contributed by atoms with Crippen LogP contribution >= 0.6 is 0 Å². The Kier molecular flexibility index (Phi) is 3.86. The van der Waals surface area contributed by atoms with Crippen molar-refractivity contribution < 1.29 is 9.59 Å². The van der Waals surface area contributed by atoms with Gasteiger partial charge >= 0.3 is 0 Å². The molecule has 1 aliphatic heterocycles. The summed E-state index contributed by atoms with van der Waals surface area (Å²) in [7, 11) is 0. The zero-order valence-corrected chi connectivity index (χ0v) is 11.9. The van der Waals surface area contributed by atoms with Gasteiger partial charge in [0.05, 0.1) is 0 Å². The van der Waals surface area contributed by atoms with E-state index in [-0.39, 0.29) is 11.7 Å². The molecule has 1 aromatic rings. The maximum atomic E-state index is 12.2. The van der Waals surface area contributed by atoms with Gasteiger partial charge in [-0.25, -0.2) is 0 Å². The van der Waals surface area contributed by atoms with E-state index in [1.165, 1.54) is 24.0 Å². The minimum absolute atomic E-state index is 0.178. The number of amides is 1. The Hall–Kier alpha value is -1.64. The molecule has 0 bridgehead atoms. The summed E-state index contributed by atoms with van der Waals surface area (Å²) in [5.41, 5.74) is 3.58. The number of benzene rings is 1. The number of Topliss-reactive ketones (excluding diaryl/α,β-unsaturated/α-hetero) is 1. The van der Waals surface area contributed by atoms with Crippen molar-refractivity contribution in [1.82, 2.24) is 4.90 Å². The van der Waals surface area contributed by atoms with Crippen LogP contribution in [0.2, 0.25) is 0 Å². The quantitative estimate of drug-likeness (QED) is 0.610. The third kappa shape index (κ3) is 3.09. The highest BCUT2D eigenvalue weighted by molar-refractivity contribution is 5.96. The van der Waals surface area contributed by atoms with Crippen molar-refractivity contribution in [1.29, 1.82) is 0 Å². The van der Waals surface area contributed by atoms with E-state index in [4.69, 9.17) is 0 Å². The third-order valence-corrected chi connectivity index (χ3v) is 4.26. The largest absolute Gasteiger partial charge is 0.339 e. The van der Waals surface area contributed by atoms with E-state index in [1.54, 1.807) is 0 Å². The molecule has 0 saturated carbocycles. The second-order valence-electron chi connectivity index (χ2n) is 5.85. The van der Waals surface area contributed by atoms with Crippen LogP contribution in [0.15, 0.2) is 18.2 Å². The van der Waals surface area contributed by atoms with E-state index in [1.807, 2.05) is 11.0 Å². The van der Waals surface area contributed by atoms with E-state index in [2.05, 4.69) is 12.1 Å². The molecule has 0 atom stereocenters. The van der Waals surface area contributed by atoms with Crippen molar-refractivity contribution in [2.75, 3.05) is 13.1 Å². The Balaban J connectivity index is 1.55. The van der Waals surface area contributed by atoms with Gasteiger partial charge in [0.15, 0.2) is 5.78 Å². The average molecular weight is 271 g/mol. The second kappa shape index (κ2) is 5.78. The molecule has 3 nitrogen and oxygen atoms in total. The van der Waals surface area contributed by atoms with Crippen molar-refractivity contribution in [3.63, 3.8) is 0 Å². The van der Waals surface area contributed by atoms with E-state index in [9.17, 15) is 9.59 Å². The lowest BCUT2D eigenvalue weighted by molar-refractivity contribution is -0.125. The standard InChI is InChI=1S/C17H21NO2/c19-16(6-3-7-17(20)18-10-11-18)15-9-8-13-4-1-2-5-14(13)12-15/h8-9,12H,1-7,10-11H2. The Labute approximate surface area is 120 Å². The number of ketones is 1. The van der Waals surface area contributed by atoms with E-state index in [0.717, 1.165) is 31.5 Å². The van der Waals surface area contributed by atoms with Gasteiger partial charge in [0.1, 0.15) is 0 Å². The van der Waals surface area contributed by atoms with Crippen LogP contribution in [0.25, 0.3) is 0 Å². The van der Waals surface area contributed by atoms with Gasteiger partial charge in [0.2, 0.25) is 5.91 Å². The van der Waals surface area contributed by atoms with E-state index in [0.29, 0.717) is 19.3 Å². The number of nitrogens with zero attached hydrogens (tertiary/aromatic N) is 1. The van der Waals surface area contributed by atoms with Crippen molar-refractivity contribution in [2.24, 2.45) is 0 Å². The number of hydrogen-bond acceptors (Lipinski definition) is 2. The summed E-state index contributed by atoms with van der Waals surface area (Å²) >= 11 is 0. The highest BCUT2D eigenvalue weighted by Gasteiger charge is 2.23. The van der Waals surface area contributed by atoms with Gasteiger partial charge in [-0.05, 0) is 49.3 Å². The van der Waals surface area contributed by atoms with Crippen LogP contribution in [0.3, 0.4) is 0 Å². The summed E-state index contributed by atoms with van der Waals surface area (Å²) in [5.74, 6) is 0.375. The fraction of sp³-hybridized carbons (Fsp3) is 0.529. The molecule has 0 radical (unpaired) electrons. The topological polar surface area (TPSA) is 37.1 Å². The van der Waals surface area contributed by atoms with Crippen molar-refractivity contribution >= 4 is 11.7 Å². The van der Waals surface area contributed by atoms with Gasteiger partial charge in [-0.15, -0.1) is 0 Å². The number of aryl methyl sites for hydroxylation is 2. The summed E-state index contributed by atoms with van der Waals surface area (Å²) < 4.78 is 0. The Bertz CT molecular complexity index is 532. The van der Waals surface area contributed by atoms with Gasteiger partial charge in [-0.2, -0.15) is 0 Å². The summed E-state index contributed by atoms with van der Waals surface area (Å²) in [5, 5.41) is 0. The smallest absolute Gasteiger partial charge is 0.222 e. The molecule has 2 aliphatic rings. The van der Waals surface area contributed by atoms with Crippen LogP contribution in [0.4, 0.5) is 0 Å². The van der Waals surface area contributed by atoms with Crippen molar-refractivity contribution in [3.05, 3.63) is 34.9 Å². The predicted molar refractivity (Wildman–Crippen MR) is 77.8 cm³/mol. The fourth-order valence-corrected chi connectivity index (χ4v) is 2.91. The maximum Gasteiger partial charge on any atom is 0.222 e. The van der Waals surface area contributed by atoms with Gasteiger partial charge in [0.25, 0.3) is 0 Å². The SMILES string of the molecule is O=C(CCCC(=O)N1CC1)c1ccc2c(c1)CCCC2. The first-order valence-corrected chi connectivity index (χ1v) is 7.67. The Morgan fingerprint density at radius 1 is 1.00 bits per heavy atom. The maximum absolute atomic E-state index is 12.2. The molecule has 1 saturated heterocycles. The highest BCUT2D eigenvalue weighted by Crippen LogP contribution is 2.23. The zero-order chi connectivity index (χ0) is 13.9. The number of carbonyl (C=O) groups is 2. The minimum Gasteiger partial charge on any atom is -0.339 e. The lowest BCUT2D eigenvalue weighted by Gasteiger charge is -2.16. The summed E-state index contributed by atoms with van der Waals surface area (Å²) in [6.45, 7) is 1.80. The summed E-state index contributed by atoms with van der Waals surface area (Å²) in [6.07, 6.45) is 6.41. The number of rotatable bonds is 5. The van der Waals surface area contributed by atoms with Crippen LogP contribution in [0.1, 0.15) is 53.6 Å². The molecule has 3 rings (SSSR count). The summed E-state index contributed by atoms with van der Waals surface area (Å²) in [4.78, 5) is 25.5. The molecule has 0 spiro atoms. The highest BCUT2D eigenvalue weighted by atomic mass is 16.2. The number of hydrogen-bond donors (Lipinski definition) is 0. The molecule has 3 heteroatoms. The van der Waals surface area contributed by atoms with E-state index >= 15 is 0 Å². The first kappa shape index (κ1) is 13.3. The molecule has 1 aromatic carbocycles. The third-order valence-electron chi connectivity index (χ3n) is 4.26. The summed E-state index contributed by atoms with van der Waals surface area (Å²) in [6, 6.07) is 6.14. The lowest BCUT2D eigenvalue weighted by Crippen LogP contribution is -2.11. The molecule has 0 aromatic heterocycles. The lowest BCUT2D eigenvalue weighted by atomic mass is 9.89. The first-order valence-electron chi connectivity index (χ1n) is 7.67. The average Bonchev–Trinajstić information content (AvgIpc) is 3.31. The van der Waals surface area contributed by atoms with Gasteiger partial charge in [-0.3, -0.25) is 9.59 Å².